The fraction of sp³-hybridized carbons (Fsp3) is 0.538. The lowest BCUT2D eigenvalue weighted by atomic mass is 10.0. The van der Waals surface area contributed by atoms with E-state index >= 15 is 0 Å². The summed E-state index contributed by atoms with van der Waals surface area (Å²) in [5.74, 6) is 0.810. The van der Waals surface area contributed by atoms with E-state index in [-0.39, 0.29) is 11.7 Å². The van der Waals surface area contributed by atoms with Crippen LogP contribution in [0.1, 0.15) is 12.8 Å². The molecule has 1 aromatic rings. The fourth-order valence-electron chi connectivity index (χ4n) is 2.33. The Morgan fingerprint density at radius 3 is 2.90 bits per heavy atom. The van der Waals surface area contributed by atoms with Crippen LogP contribution in [0.3, 0.4) is 0 Å². The highest BCUT2D eigenvalue weighted by atomic mass is 35.5. The van der Waals surface area contributed by atoms with E-state index in [1.54, 1.807) is 18.2 Å². The number of hydrogen-bond acceptors (Lipinski definition) is 4. The molecule has 5 nitrogen and oxygen atoms in total. The highest BCUT2D eigenvalue weighted by Gasteiger charge is 2.21. The van der Waals surface area contributed by atoms with Crippen molar-refractivity contribution in [3.05, 3.63) is 23.2 Å². The van der Waals surface area contributed by atoms with Crippen LogP contribution in [0.25, 0.3) is 0 Å². The monoisotopic (exact) mass is 318 g/mol. The van der Waals surface area contributed by atoms with E-state index in [2.05, 4.69) is 10.0 Å². The lowest BCUT2D eigenvalue weighted by molar-refractivity contribution is 0.404. The predicted octanol–water partition coefficient (Wildman–Crippen LogP) is 2.09. The van der Waals surface area contributed by atoms with Crippen LogP contribution in [0.4, 0.5) is 5.69 Å². The van der Waals surface area contributed by atoms with E-state index in [1.165, 1.54) is 7.11 Å². The summed E-state index contributed by atoms with van der Waals surface area (Å²) in [4.78, 5) is 0. The van der Waals surface area contributed by atoms with Crippen molar-refractivity contribution in [3.63, 3.8) is 0 Å². The first-order valence-electron chi connectivity index (χ1n) is 6.55. The molecule has 0 bridgehead atoms. The van der Waals surface area contributed by atoms with Gasteiger partial charge in [-0.15, -0.1) is 0 Å². The van der Waals surface area contributed by atoms with Gasteiger partial charge in [0.05, 0.1) is 23.6 Å². The number of rotatable bonds is 5. The quantitative estimate of drug-likeness (QED) is 0.872. The molecule has 1 heterocycles. The van der Waals surface area contributed by atoms with Crippen LogP contribution in [0.15, 0.2) is 18.2 Å². The van der Waals surface area contributed by atoms with Gasteiger partial charge in [0.15, 0.2) is 0 Å². The maximum atomic E-state index is 12.1. The summed E-state index contributed by atoms with van der Waals surface area (Å²) in [6.07, 6.45) is 1.96. The van der Waals surface area contributed by atoms with Gasteiger partial charge in [0, 0.05) is 0 Å². The summed E-state index contributed by atoms with van der Waals surface area (Å²) < 4.78 is 31.8. The van der Waals surface area contributed by atoms with Crippen LogP contribution in [-0.4, -0.2) is 34.4 Å². The molecule has 112 valence electrons. The van der Waals surface area contributed by atoms with Crippen molar-refractivity contribution in [2.45, 2.75) is 12.8 Å². The molecule has 2 N–H and O–H groups in total. The number of hydrogen-bond donors (Lipinski definition) is 2. The molecule has 1 aliphatic rings. The van der Waals surface area contributed by atoms with Crippen LogP contribution in [-0.2, 0) is 10.0 Å². The van der Waals surface area contributed by atoms with Gasteiger partial charge in [-0.2, -0.15) is 0 Å². The fourth-order valence-corrected chi connectivity index (χ4v) is 4.06. The molecule has 1 aliphatic heterocycles. The van der Waals surface area contributed by atoms with Gasteiger partial charge < -0.3 is 10.1 Å². The minimum absolute atomic E-state index is 0.129. The summed E-state index contributed by atoms with van der Waals surface area (Å²) in [7, 11) is -1.85. The standard InChI is InChI=1S/C13H19ClN2O3S/c1-19-13-5-4-11(7-12(13)14)16-20(17,18)9-10-3-2-6-15-8-10/h4-5,7,10,15-16H,2-3,6,8-9H2,1H3. The molecule has 1 aromatic carbocycles. The van der Waals surface area contributed by atoms with Gasteiger partial charge in [0.2, 0.25) is 10.0 Å². The Hall–Kier alpha value is -0.980. The lowest BCUT2D eigenvalue weighted by Crippen LogP contribution is -2.35. The number of halogens is 1. The summed E-state index contributed by atoms with van der Waals surface area (Å²) in [6.45, 7) is 1.72. The van der Waals surface area contributed by atoms with Gasteiger partial charge in [-0.1, -0.05) is 11.6 Å². The third kappa shape index (κ3) is 4.26. The zero-order valence-electron chi connectivity index (χ0n) is 11.4. The minimum Gasteiger partial charge on any atom is -0.495 e. The van der Waals surface area contributed by atoms with Crippen molar-refractivity contribution >= 4 is 27.3 Å². The molecular weight excluding hydrogens is 300 g/mol. The van der Waals surface area contributed by atoms with Gasteiger partial charge in [0.25, 0.3) is 0 Å². The van der Waals surface area contributed by atoms with Gasteiger partial charge in [-0.05, 0) is 50.0 Å². The molecule has 7 heteroatoms. The van der Waals surface area contributed by atoms with Crippen LogP contribution in [0.5, 0.6) is 5.75 Å². The molecule has 0 radical (unpaired) electrons. The topological polar surface area (TPSA) is 67.4 Å². The molecule has 1 saturated heterocycles. The Morgan fingerprint density at radius 1 is 1.50 bits per heavy atom. The number of benzene rings is 1. The lowest BCUT2D eigenvalue weighted by Gasteiger charge is -2.22. The molecule has 1 fully saturated rings. The van der Waals surface area contributed by atoms with E-state index in [0.29, 0.717) is 16.5 Å². The van der Waals surface area contributed by atoms with Crippen LogP contribution >= 0.6 is 11.6 Å². The van der Waals surface area contributed by atoms with E-state index in [1.807, 2.05) is 0 Å². The molecule has 0 spiro atoms. The van der Waals surface area contributed by atoms with Crippen molar-refractivity contribution in [1.29, 1.82) is 0 Å². The summed E-state index contributed by atoms with van der Waals surface area (Å²) in [6, 6.07) is 4.83. The number of ether oxygens (including phenoxy) is 1. The summed E-state index contributed by atoms with van der Waals surface area (Å²) >= 11 is 5.98. The van der Waals surface area contributed by atoms with Crippen LogP contribution in [0.2, 0.25) is 5.02 Å². The predicted molar refractivity (Wildman–Crippen MR) is 81.0 cm³/mol. The first-order valence-corrected chi connectivity index (χ1v) is 8.58. The Bertz CT molecular complexity index is 557. The Labute approximate surface area is 124 Å². The second kappa shape index (κ2) is 6.65. The van der Waals surface area contributed by atoms with E-state index < -0.39 is 10.0 Å². The number of piperidine rings is 1. The second-order valence-electron chi connectivity index (χ2n) is 4.95. The minimum atomic E-state index is -3.36. The maximum absolute atomic E-state index is 12.1. The summed E-state index contributed by atoms with van der Waals surface area (Å²) in [5, 5.41) is 3.60. The van der Waals surface area contributed by atoms with E-state index in [4.69, 9.17) is 16.3 Å². The van der Waals surface area contributed by atoms with Crippen molar-refractivity contribution in [2.75, 3.05) is 30.7 Å². The number of nitrogens with one attached hydrogen (secondary N) is 2. The van der Waals surface area contributed by atoms with Crippen LogP contribution in [0, 0.1) is 5.92 Å². The van der Waals surface area contributed by atoms with Crippen molar-refractivity contribution in [1.82, 2.24) is 5.32 Å². The summed E-state index contributed by atoms with van der Waals surface area (Å²) in [5.41, 5.74) is 0.458. The smallest absolute Gasteiger partial charge is 0.233 e. The molecule has 0 amide bonds. The highest BCUT2D eigenvalue weighted by Crippen LogP contribution is 2.28. The number of sulfonamides is 1. The Balaban J connectivity index is 2.02. The third-order valence-corrected chi connectivity index (χ3v) is 5.03. The molecule has 0 saturated carbocycles. The van der Waals surface area contributed by atoms with E-state index in [0.717, 1.165) is 25.9 Å². The molecular formula is C13H19ClN2O3S. The average molecular weight is 319 g/mol. The number of anilines is 1. The molecule has 0 aliphatic carbocycles. The van der Waals surface area contributed by atoms with Crippen molar-refractivity contribution < 1.29 is 13.2 Å². The molecule has 20 heavy (non-hydrogen) atoms. The zero-order chi connectivity index (χ0) is 14.6. The zero-order valence-corrected chi connectivity index (χ0v) is 12.9. The van der Waals surface area contributed by atoms with E-state index in [9.17, 15) is 8.42 Å². The molecule has 1 atom stereocenters. The third-order valence-electron chi connectivity index (χ3n) is 3.28. The van der Waals surface area contributed by atoms with Crippen molar-refractivity contribution in [3.8, 4) is 5.75 Å². The average Bonchev–Trinajstić information content (AvgIpc) is 2.39. The van der Waals surface area contributed by atoms with Crippen molar-refractivity contribution in [2.24, 2.45) is 5.92 Å². The normalized spacial score (nSPS) is 19.6. The molecule has 0 aromatic heterocycles. The first-order chi connectivity index (χ1) is 9.50. The number of methoxy groups -OCH3 is 1. The largest absolute Gasteiger partial charge is 0.495 e. The van der Waals surface area contributed by atoms with Crippen LogP contribution < -0.4 is 14.8 Å². The second-order valence-corrected chi connectivity index (χ2v) is 7.12. The highest BCUT2D eigenvalue weighted by molar-refractivity contribution is 7.92. The van der Waals surface area contributed by atoms with Gasteiger partial charge >= 0.3 is 0 Å². The maximum Gasteiger partial charge on any atom is 0.233 e. The SMILES string of the molecule is COc1ccc(NS(=O)(=O)CC2CCCNC2)cc1Cl. The Morgan fingerprint density at radius 2 is 2.30 bits per heavy atom. The molecule has 1 unspecified atom stereocenters. The first kappa shape index (κ1) is 15.4. The van der Waals surface area contributed by atoms with Gasteiger partial charge in [-0.3, -0.25) is 4.72 Å². The Kier molecular flexibility index (Phi) is 5.12. The van der Waals surface area contributed by atoms with Gasteiger partial charge in [0.1, 0.15) is 5.75 Å². The van der Waals surface area contributed by atoms with Gasteiger partial charge in [-0.25, -0.2) is 8.42 Å². The molecule has 2 rings (SSSR count).